The molecule has 0 aliphatic heterocycles. The highest BCUT2D eigenvalue weighted by Crippen LogP contribution is 2.37. The van der Waals surface area contributed by atoms with Crippen molar-refractivity contribution in [3.63, 3.8) is 0 Å². The largest absolute Gasteiger partial charge is 0.384 e. The topological polar surface area (TPSA) is 64.1 Å². The van der Waals surface area contributed by atoms with Crippen LogP contribution in [0, 0.1) is 0 Å². The van der Waals surface area contributed by atoms with Gasteiger partial charge in [-0.15, -0.1) is 0 Å². The highest BCUT2D eigenvalue weighted by atomic mass is 16.3. The molecule has 3 N–H and O–H groups in total. The van der Waals surface area contributed by atoms with Crippen LogP contribution in [0.2, 0.25) is 0 Å². The fourth-order valence-electron chi connectivity index (χ4n) is 2.41. The second kappa shape index (κ2) is 3.94. The summed E-state index contributed by atoms with van der Waals surface area (Å²) in [6, 6.07) is 2.04. The highest BCUT2D eigenvalue weighted by Gasteiger charge is 2.39. The lowest BCUT2D eigenvalue weighted by Crippen LogP contribution is -2.28. The third kappa shape index (κ3) is 1.92. The molecule has 1 aliphatic carbocycles. The van der Waals surface area contributed by atoms with Crippen LogP contribution in [0.5, 0.6) is 0 Å². The Kier molecular flexibility index (Phi) is 2.80. The van der Waals surface area contributed by atoms with E-state index in [1.165, 1.54) is 0 Å². The molecule has 15 heavy (non-hydrogen) atoms. The fraction of sp³-hybridized carbons (Fsp3) is 0.727. The van der Waals surface area contributed by atoms with Crippen LogP contribution in [0.4, 0.5) is 0 Å². The maximum absolute atomic E-state index is 10.5. The van der Waals surface area contributed by atoms with Gasteiger partial charge in [0.15, 0.2) is 0 Å². The number of aromatic nitrogens is 2. The van der Waals surface area contributed by atoms with Gasteiger partial charge in [0.1, 0.15) is 5.60 Å². The summed E-state index contributed by atoms with van der Waals surface area (Å²) >= 11 is 0. The number of rotatable bonds is 3. The zero-order valence-corrected chi connectivity index (χ0v) is 9.19. The van der Waals surface area contributed by atoms with Crippen molar-refractivity contribution in [2.24, 2.45) is 5.73 Å². The van der Waals surface area contributed by atoms with Crippen LogP contribution in [0.25, 0.3) is 0 Å². The maximum atomic E-state index is 10.5. The fourth-order valence-corrected chi connectivity index (χ4v) is 2.41. The molecule has 84 valence electrons. The number of hydrogen-bond acceptors (Lipinski definition) is 3. The first-order chi connectivity index (χ1) is 7.15. The lowest BCUT2D eigenvalue weighted by Gasteiger charge is -2.23. The van der Waals surface area contributed by atoms with Crippen LogP contribution in [0.15, 0.2) is 12.3 Å². The Hall–Kier alpha value is -0.870. The molecule has 1 aromatic rings. The molecule has 4 heteroatoms. The Morgan fingerprint density at radius 1 is 1.73 bits per heavy atom. The Bertz CT molecular complexity index is 336. The quantitative estimate of drug-likeness (QED) is 0.780. The summed E-state index contributed by atoms with van der Waals surface area (Å²) in [5.41, 5.74) is 6.03. The van der Waals surface area contributed by atoms with Gasteiger partial charge in [-0.1, -0.05) is 6.92 Å². The molecule has 4 nitrogen and oxygen atoms in total. The normalized spacial score (nSPS) is 31.0. The van der Waals surface area contributed by atoms with E-state index in [9.17, 15) is 5.11 Å². The molecular formula is C11H19N3O. The molecule has 1 fully saturated rings. The number of aliphatic hydroxyl groups is 1. The molecule has 2 unspecified atom stereocenters. The number of nitrogens with two attached hydrogens (primary N) is 1. The summed E-state index contributed by atoms with van der Waals surface area (Å²) in [7, 11) is 0. The minimum absolute atomic E-state index is 0.125. The van der Waals surface area contributed by atoms with E-state index in [2.05, 4.69) is 12.0 Å². The molecule has 0 aromatic carbocycles. The van der Waals surface area contributed by atoms with Gasteiger partial charge in [0.25, 0.3) is 0 Å². The van der Waals surface area contributed by atoms with Crippen LogP contribution in [-0.2, 0) is 12.1 Å². The van der Waals surface area contributed by atoms with Gasteiger partial charge >= 0.3 is 0 Å². The summed E-state index contributed by atoms with van der Waals surface area (Å²) in [4.78, 5) is 0. The van der Waals surface area contributed by atoms with Crippen LogP contribution < -0.4 is 5.73 Å². The van der Waals surface area contributed by atoms with E-state index >= 15 is 0 Å². The predicted molar refractivity (Wildman–Crippen MR) is 58.2 cm³/mol. The van der Waals surface area contributed by atoms with Gasteiger partial charge in [0, 0.05) is 18.8 Å². The summed E-state index contributed by atoms with van der Waals surface area (Å²) in [6.07, 6.45) is 5.09. The van der Waals surface area contributed by atoms with E-state index < -0.39 is 5.60 Å². The van der Waals surface area contributed by atoms with Crippen LogP contribution >= 0.6 is 0 Å². The molecule has 2 atom stereocenters. The zero-order valence-electron chi connectivity index (χ0n) is 9.19. The Morgan fingerprint density at radius 3 is 3.13 bits per heavy atom. The van der Waals surface area contributed by atoms with E-state index in [0.717, 1.165) is 31.5 Å². The van der Waals surface area contributed by atoms with E-state index in [1.807, 2.05) is 10.7 Å². The van der Waals surface area contributed by atoms with E-state index in [1.54, 1.807) is 6.20 Å². The molecule has 1 heterocycles. The average Bonchev–Trinajstić information content (AvgIpc) is 2.75. The second-order valence-corrected chi connectivity index (χ2v) is 4.47. The Labute approximate surface area is 90.1 Å². The third-order valence-electron chi connectivity index (χ3n) is 3.16. The Morgan fingerprint density at radius 2 is 2.53 bits per heavy atom. The first kappa shape index (κ1) is 10.6. The van der Waals surface area contributed by atoms with Crippen LogP contribution in [0.3, 0.4) is 0 Å². The molecule has 1 saturated carbocycles. The summed E-state index contributed by atoms with van der Waals surface area (Å²) in [5.74, 6) is 0. The zero-order chi connectivity index (χ0) is 10.9. The third-order valence-corrected chi connectivity index (χ3v) is 3.16. The van der Waals surface area contributed by atoms with Gasteiger partial charge in [-0.25, -0.2) is 0 Å². The minimum Gasteiger partial charge on any atom is -0.384 e. The van der Waals surface area contributed by atoms with Crippen molar-refractivity contribution in [2.45, 2.75) is 50.8 Å². The summed E-state index contributed by atoms with van der Waals surface area (Å²) in [6.45, 7) is 2.97. The monoisotopic (exact) mass is 209 g/mol. The SMILES string of the molecule is CCCn1nccc1C1(O)CCC(N)C1. The van der Waals surface area contributed by atoms with Gasteiger partial charge in [-0.2, -0.15) is 5.10 Å². The molecule has 0 bridgehead atoms. The molecule has 0 spiro atoms. The molecule has 0 saturated heterocycles. The van der Waals surface area contributed by atoms with Crippen LogP contribution in [0.1, 0.15) is 38.3 Å². The smallest absolute Gasteiger partial charge is 0.108 e. The lowest BCUT2D eigenvalue weighted by molar-refractivity contribution is 0.0335. The van der Waals surface area contributed by atoms with Crippen LogP contribution in [-0.4, -0.2) is 20.9 Å². The van der Waals surface area contributed by atoms with Crippen molar-refractivity contribution in [2.75, 3.05) is 0 Å². The van der Waals surface area contributed by atoms with Gasteiger partial charge in [0.05, 0.1) is 5.69 Å². The first-order valence-electron chi connectivity index (χ1n) is 5.66. The second-order valence-electron chi connectivity index (χ2n) is 4.47. The molecule has 0 amide bonds. The predicted octanol–water partition coefficient (Wildman–Crippen LogP) is 0.992. The van der Waals surface area contributed by atoms with Gasteiger partial charge in [-0.3, -0.25) is 4.68 Å². The lowest BCUT2D eigenvalue weighted by atomic mass is 9.97. The van der Waals surface area contributed by atoms with Crippen molar-refractivity contribution in [3.8, 4) is 0 Å². The van der Waals surface area contributed by atoms with Crippen molar-refractivity contribution >= 4 is 0 Å². The van der Waals surface area contributed by atoms with Gasteiger partial charge in [0.2, 0.25) is 0 Å². The number of nitrogens with zero attached hydrogens (tertiary/aromatic N) is 2. The average molecular weight is 209 g/mol. The van der Waals surface area contributed by atoms with Crippen molar-refractivity contribution in [3.05, 3.63) is 18.0 Å². The first-order valence-corrected chi connectivity index (χ1v) is 5.66. The van der Waals surface area contributed by atoms with Crippen molar-refractivity contribution in [1.29, 1.82) is 0 Å². The van der Waals surface area contributed by atoms with E-state index in [4.69, 9.17) is 5.73 Å². The van der Waals surface area contributed by atoms with E-state index in [-0.39, 0.29) is 6.04 Å². The van der Waals surface area contributed by atoms with Crippen molar-refractivity contribution in [1.82, 2.24) is 9.78 Å². The van der Waals surface area contributed by atoms with E-state index in [0.29, 0.717) is 6.42 Å². The standard InChI is InChI=1S/C11H19N3O/c1-2-7-14-10(4-6-13-14)11(15)5-3-9(12)8-11/h4,6,9,15H,2-3,5,7-8,12H2,1H3. The molecule has 1 aliphatic rings. The van der Waals surface area contributed by atoms with Gasteiger partial charge in [-0.05, 0) is 31.7 Å². The summed E-state index contributed by atoms with van der Waals surface area (Å²) < 4.78 is 1.90. The molecule has 2 rings (SSSR count). The Balaban J connectivity index is 2.24. The highest BCUT2D eigenvalue weighted by molar-refractivity contribution is 5.15. The van der Waals surface area contributed by atoms with Gasteiger partial charge < -0.3 is 10.8 Å². The van der Waals surface area contributed by atoms with Crippen molar-refractivity contribution < 1.29 is 5.11 Å². The molecule has 0 radical (unpaired) electrons. The molecular weight excluding hydrogens is 190 g/mol. The number of aryl methyl sites for hydroxylation is 1. The minimum atomic E-state index is -0.745. The maximum Gasteiger partial charge on any atom is 0.108 e. The summed E-state index contributed by atoms with van der Waals surface area (Å²) in [5, 5.41) is 14.7. The molecule has 1 aromatic heterocycles. The number of hydrogen-bond donors (Lipinski definition) is 2.